The number of aliphatic hydroxyl groups excluding tert-OH is 4. The van der Waals surface area contributed by atoms with E-state index in [0.29, 0.717) is 0 Å². The summed E-state index contributed by atoms with van der Waals surface area (Å²) in [7, 11) is -4.32. The van der Waals surface area contributed by atoms with E-state index in [4.69, 9.17) is 0 Å². The summed E-state index contributed by atoms with van der Waals surface area (Å²) in [6.07, 6.45) is 0. The van der Waals surface area contributed by atoms with E-state index in [0.717, 1.165) is 18.2 Å². The van der Waals surface area contributed by atoms with Gasteiger partial charge in [-0.3, -0.25) is 0 Å². The van der Waals surface area contributed by atoms with Crippen LogP contribution in [0.25, 0.3) is 0 Å². The molecule has 2 rings (SSSR count). The minimum Gasteiger partial charge on any atom is -0.507 e. The largest absolute Gasteiger partial charge is 0.507 e. The predicted octanol–water partition coefficient (Wildman–Crippen LogP) is -0.100. The van der Waals surface area contributed by atoms with Gasteiger partial charge in [0.1, 0.15) is 16.4 Å². The molecule has 0 aliphatic rings. The summed E-state index contributed by atoms with van der Waals surface area (Å²) in [5.74, 6) is -1.09. The molecule has 0 saturated carbocycles. The van der Waals surface area contributed by atoms with Crippen LogP contribution < -0.4 is 0 Å². The van der Waals surface area contributed by atoms with E-state index in [1.165, 1.54) is 6.07 Å². The highest BCUT2D eigenvalue weighted by Crippen LogP contribution is 2.35. The van der Waals surface area contributed by atoms with Gasteiger partial charge in [-0.2, -0.15) is 0 Å². The van der Waals surface area contributed by atoms with Crippen molar-refractivity contribution in [3.8, 4) is 11.5 Å². The number of aliphatic hydroxyl groups is 4. The van der Waals surface area contributed by atoms with Crippen molar-refractivity contribution in [3.63, 3.8) is 0 Å². The molecule has 0 aromatic heterocycles. The number of phenols is 2. The molecule has 0 bridgehead atoms. The van der Waals surface area contributed by atoms with E-state index in [9.17, 15) is 39.1 Å². The summed E-state index contributed by atoms with van der Waals surface area (Å²) in [4.78, 5) is -0.908. The molecule has 0 spiro atoms. The standard InChI is InChI=1S/C16H18O8S/c17-5-9-1-10(6-18)16(22)14(2-9)25(23,24)13-3-11(7-19)15(21)12(4-13)8-20/h1-4,17-22H,5-8H2. The average molecular weight is 370 g/mol. The maximum Gasteiger partial charge on any atom is 0.210 e. The topological polar surface area (TPSA) is 156 Å². The molecule has 2 aromatic rings. The van der Waals surface area contributed by atoms with Crippen LogP contribution in [0.2, 0.25) is 0 Å². The van der Waals surface area contributed by atoms with E-state index >= 15 is 0 Å². The normalized spacial score (nSPS) is 11.7. The molecule has 0 heterocycles. The minimum absolute atomic E-state index is 0.0753. The Bertz CT molecular complexity index is 864. The molecule has 0 fully saturated rings. The average Bonchev–Trinajstić information content (AvgIpc) is 2.61. The van der Waals surface area contributed by atoms with Gasteiger partial charge in [0.15, 0.2) is 0 Å². The van der Waals surface area contributed by atoms with Gasteiger partial charge in [-0.15, -0.1) is 0 Å². The summed E-state index contributed by atoms with van der Waals surface area (Å²) in [5.41, 5.74) is -0.117. The first kappa shape index (κ1) is 19.2. The molecule has 136 valence electrons. The van der Waals surface area contributed by atoms with Crippen molar-refractivity contribution in [1.29, 1.82) is 0 Å². The Balaban J connectivity index is 2.76. The highest BCUT2D eigenvalue weighted by atomic mass is 32.2. The van der Waals surface area contributed by atoms with Gasteiger partial charge in [0, 0.05) is 16.7 Å². The third kappa shape index (κ3) is 3.46. The summed E-state index contributed by atoms with van der Waals surface area (Å²) < 4.78 is 25.7. The monoisotopic (exact) mass is 370 g/mol. The number of rotatable bonds is 6. The fourth-order valence-electron chi connectivity index (χ4n) is 2.40. The van der Waals surface area contributed by atoms with Crippen molar-refractivity contribution in [2.75, 3.05) is 0 Å². The zero-order chi connectivity index (χ0) is 18.8. The molecule has 0 amide bonds. The van der Waals surface area contributed by atoms with Gasteiger partial charge in [0.2, 0.25) is 9.84 Å². The highest BCUT2D eigenvalue weighted by molar-refractivity contribution is 7.91. The summed E-state index contributed by atoms with van der Waals surface area (Å²) in [6, 6.07) is 4.37. The number of aromatic hydroxyl groups is 2. The molecule has 6 N–H and O–H groups in total. The summed E-state index contributed by atoms with van der Waals surface area (Å²) >= 11 is 0. The maximum absolute atomic E-state index is 12.9. The summed E-state index contributed by atoms with van der Waals surface area (Å²) in [5, 5.41) is 57.0. The van der Waals surface area contributed by atoms with Gasteiger partial charge in [-0.25, -0.2) is 8.42 Å². The van der Waals surface area contributed by atoms with Crippen molar-refractivity contribution >= 4 is 9.84 Å². The lowest BCUT2D eigenvalue weighted by Gasteiger charge is -2.14. The van der Waals surface area contributed by atoms with Gasteiger partial charge in [0.05, 0.1) is 31.3 Å². The predicted molar refractivity (Wildman–Crippen MR) is 85.4 cm³/mol. The SMILES string of the molecule is O=S(=O)(c1cc(CO)c(O)c(CO)c1)c1cc(CO)cc(CO)c1O. The third-order valence-electron chi connectivity index (χ3n) is 3.75. The lowest BCUT2D eigenvalue weighted by atomic mass is 10.1. The van der Waals surface area contributed by atoms with Crippen molar-refractivity contribution in [2.24, 2.45) is 0 Å². The van der Waals surface area contributed by atoms with Crippen molar-refractivity contribution in [1.82, 2.24) is 0 Å². The van der Waals surface area contributed by atoms with Crippen molar-refractivity contribution < 1.29 is 39.1 Å². The molecular formula is C16H18O8S. The highest BCUT2D eigenvalue weighted by Gasteiger charge is 2.26. The third-order valence-corrected chi connectivity index (χ3v) is 5.49. The van der Waals surface area contributed by atoms with Crippen LogP contribution in [0.5, 0.6) is 11.5 Å². The van der Waals surface area contributed by atoms with Gasteiger partial charge < -0.3 is 30.6 Å². The van der Waals surface area contributed by atoms with Crippen molar-refractivity contribution in [3.05, 3.63) is 46.5 Å². The molecule has 0 unspecified atom stereocenters. The first-order chi connectivity index (χ1) is 11.8. The van der Waals surface area contributed by atoms with E-state index < -0.39 is 52.7 Å². The molecular weight excluding hydrogens is 352 g/mol. The maximum atomic E-state index is 12.9. The first-order valence-corrected chi connectivity index (χ1v) is 8.66. The molecule has 0 saturated heterocycles. The number of sulfone groups is 1. The fraction of sp³-hybridized carbons (Fsp3) is 0.250. The Hall–Kier alpha value is -2.17. The second-order valence-corrected chi connectivity index (χ2v) is 7.25. The van der Waals surface area contributed by atoms with E-state index in [1.807, 2.05) is 0 Å². The second-order valence-electron chi connectivity index (χ2n) is 5.33. The van der Waals surface area contributed by atoms with Crippen LogP contribution in [-0.4, -0.2) is 39.1 Å². The van der Waals surface area contributed by atoms with E-state index in [1.54, 1.807) is 0 Å². The Labute approximate surface area is 143 Å². The van der Waals surface area contributed by atoms with Gasteiger partial charge in [0.25, 0.3) is 0 Å². The van der Waals surface area contributed by atoms with Crippen molar-refractivity contribution in [2.45, 2.75) is 36.2 Å². The van der Waals surface area contributed by atoms with Crippen LogP contribution in [0.15, 0.2) is 34.1 Å². The van der Waals surface area contributed by atoms with Gasteiger partial charge in [-0.05, 0) is 29.8 Å². The molecule has 0 radical (unpaired) electrons. The first-order valence-electron chi connectivity index (χ1n) is 7.18. The molecule has 0 atom stereocenters. The fourth-order valence-corrected chi connectivity index (χ4v) is 3.94. The van der Waals surface area contributed by atoms with E-state index in [-0.39, 0.29) is 27.1 Å². The Kier molecular flexibility index (Phi) is 5.65. The van der Waals surface area contributed by atoms with Crippen LogP contribution in [0.1, 0.15) is 22.3 Å². The molecule has 0 aliphatic carbocycles. The zero-order valence-electron chi connectivity index (χ0n) is 13.0. The number of benzene rings is 2. The lowest BCUT2D eigenvalue weighted by Crippen LogP contribution is -2.07. The van der Waals surface area contributed by atoms with E-state index in [2.05, 4.69) is 0 Å². The molecule has 25 heavy (non-hydrogen) atoms. The second kappa shape index (κ2) is 7.38. The van der Waals surface area contributed by atoms with Crippen LogP contribution in [0, 0.1) is 0 Å². The zero-order valence-corrected chi connectivity index (χ0v) is 13.9. The van der Waals surface area contributed by atoms with Crippen LogP contribution in [-0.2, 0) is 36.3 Å². The van der Waals surface area contributed by atoms with Crippen LogP contribution in [0.4, 0.5) is 0 Å². The minimum atomic E-state index is -4.32. The summed E-state index contributed by atoms with van der Waals surface area (Å²) in [6.45, 7) is -2.46. The van der Waals surface area contributed by atoms with Crippen LogP contribution in [0.3, 0.4) is 0 Å². The smallest absolute Gasteiger partial charge is 0.210 e. The van der Waals surface area contributed by atoms with Gasteiger partial charge >= 0.3 is 0 Å². The quantitative estimate of drug-likeness (QED) is 0.412. The molecule has 8 nitrogen and oxygen atoms in total. The molecule has 0 aliphatic heterocycles. The number of hydrogen-bond acceptors (Lipinski definition) is 8. The lowest BCUT2D eigenvalue weighted by molar-refractivity contribution is 0.263. The Morgan fingerprint density at radius 1 is 0.680 bits per heavy atom. The molecule has 9 heteroatoms. The number of hydrogen-bond donors (Lipinski definition) is 6. The van der Waals surface area contributed by atoms with Crippen LogP contribution >= 0.6 is 0 Å². The van der Waals surface area contributed by atoms with Gasteiger partial charge in [-0.1, -0.05) is 0 Å². The Morgan fingerprint density at radius 2 is 1.16 bits per heavy atom. The molecule has 2 aromatic carbocycles. The Morgan fingerprint density at radius 3 is 1.60 bits per heavy atom.